The van der Waals surface area contributed by atoms with Gasteiger partial charge in [0.15, 0.2) is 0 Å². The summed E-state index contributed by atoms with van der Waals surface area (Å²) in [5.41, 5.74) is 0.411. The Kier molecular flexibility index (Phi) is 6.23. The molecule has 1 N–H and O–H groups in total. The molecule has 27 heavy (non-hydrogen) atoms. The molecule has 2 saturated heterocycles. The van der Waals surface area contributed by atoms with E-state index in [4.69, 9.17) is 0 Å². The lowest BCUT2D eigenvalue weighted by molar-refractivity contribution is 0.0902. The molecule has 2 fully saturated rings. The van der Waals surface area contributed by atoms with E-state index < -0.39 is 10.0 Å². The third-order valence-electron chi connectivity index (χ3n) is 5.71. The van der Waals surface area contributed by atoms with E-state index in [-0.39, 0.29) is 16.3 Å². The smallest absolute Gasteiger partial charge is 0.251 e. The zero-order valence-electron chi connectivity index (χ0n) is 16.4. The van der Waals surface area contributed by atoms with Crippen LogP contribution in [0.15, 0.2) is 29.2 Å². The number of carbonyl (C=O) groups excluding carboxylic acids is 1. The highest BCUT2D eigenvalue weighted by Crippen LogP contribution is 2.22. The number of nitrogens with zero attached hydrogens (tertiary/aromatic N) is 2. The van der Waals surface area contributed by atoms with Crippen molar-refractivity contribution < 1.29 is 13.2 Å². The second-order valence-electron chi connectivity index (χ2n) is 8.18. The summed E-state index contributed by atoms with van der Waals surface area (Å²) in [5.74, 6) is -0.163. The minimum Gasteiger partial charge on any atom is -0.350 e. The van der Waals surface area contributed by atoms with E-state index in [2.05, 4.69) is 24.1 Å². The number of hydrogen-bond donors (Lipinski definition) is 1. The molecular weight excluding hydrogens is 362 g/mol. The van der Waals surface area contributed by atoms with Gasteiger partial charge in [-0.05, 0) is 76.9 Å². The molecule has 2 aliphatic rings. The summed E-state index contributed by atoms with van der Waals surface area (Å²) < 4.78 is 26.9. The molecule has 0 bridgehead atoms. The first-order chi connectivity index (χ1) is 12.8. The Morgan fingerprint density at radius 1 is 0.963 bits per heavy atom. The van der Waals surface area contributed by atoms with E-state index in [0.717, 1.165) is 32.4 Å². The van der Waals surface area contributed by atoms with Crippen molar-refractivity contribution in [2.75, 3.05) is 32.7 Å². The highest BCUT2D eigenvalue weighted by molar-refractivity contribution is 7.89. The molecule has 2 aliphatic heterocycles. The molecule has 2 heterocycles. The molecule has 0 unspecified atom stereocenters. The molecule has 1 aromatic carbocycles. The summed E-state index contributed by atoms with van der Waals surface area (Å²) in [4.78, 5) is 15.1. The van der Waals surface area contributed by atoms with Crippen molar-refractivity contribution >= 4 is 15.9 Å². The predicted octanol–water partition coefficient (Wildman–Crippen LogP) is 2.47. The van der Waals surface area contributed by atoms with Crippen LogP contribution in [-0.2, 0) is 10.0 Å². The van der Waals surface area contributed by atoms with Crippen molar-refractivity contribution in [3.63, 3.8) is 0 Å². The number of carbonyl (C=O) groups is 1. The fourth-order valence-corrected chi connectivity index (χ4v) is 5.38. The van der Waals surface area contributed by atoms with E-state index in [1.807, 2.05) is 0 Å². The first-order valence-corrected chi connectivity index (χ1v) is 11.4. The Hall–Kier alpha value is -1.44. The van der Waals surface area contributed by atoms with Crippen molar-refractivity contribution in [3.05, 3.63) is 29.8 Å². The third-order valence-corrected chi connectivity index (χ3v) is 7.63. The number of amides is 1. The molecule has 150 valence electrons. The largest absolute Gasteiger partial charge is 0.350 e. The van der Waals surface area contributed by atoms with Gasteiger partial charge in [-0.25, -0.2) is 8.42 Å². The van der Waals surface area contributed by atoms with Gasteiger partial charge in [0.25, 0.3) is 5.91 Å². The molecular formula is C20H31N3O3S. The molecule has 3 rings (SSSR count). The molecule has 1 amide bonds. The van der Waals surface area contributed by atoms with Crippen LogP contribution in [0.5, 0.6) is 0 Å². The second kappa shape index (κ2) is 8.29. The third kappa shape index (κ3) is 4.70. The Morgan fingerprint density at radius 3 is 2.11 bits per heavy atom. The summed E-state index contributed by atoms with van der Waals surface area (Å²) in [5, 5.41) is 3.00. The van der Waals surface area contributed by atoms with Crippen LogP contribution in [0.1, 0.15) is 56.3 Å². The van der Waals surface area contributed by atoms with Crippen molar-refractivity contribution in [1.29, 1.82) is 0 Å². The van der Waals surface area contributed by atoms with E-state index in [1.165, 1.54) is 12.8 Å². The van der Waals surface area contributed by atoms with Gasteiger partial charge < -0.3 is 5.32 Å². The second-order valence-corrected chi connectivity index (χ2v) is 10.1. The van der Waals surface area contributed by atoms with Gasteiger partial charge in [0.2, 0.25) is 10.0 Å². The van der Waals surface area contributed by atoms with Crippen LogP contribution >= 0.6 is 0 Å². The van der Waals surface area contributed by atoms with Gasteiger partial charge in [0.05, 0.1) is 4.90 Å². The maximum atomic E-state index is 12.7. The van der Waals surface area contributed by atoms with Crippen molar-refractivity contribution in [2.45, 2.75) is 56.4 Å². The average Bonchev–Trinajstić information content (AvgIpc) is 3.23. The van der Waals surface area contributed by atoms with Gasteiger partial charge in [0.1, 0.15) is 0 Å². The zero-order chi connectivity index (χ0) is 19.5. The summed E-state index contributed by atoms with van der Waals surface area (Å²) in [6.45, 7) is 8.17. The van der Waals surface area contributed by atoms with Crippen LogP contribution < -0.4 is 5.32 Å². The minimum absolute atomic E-state index is 0.0797. The Morgan fingerprint density at radius 2 is 1.52 bits per heavy atom. The highest BCUT2D eigenvalue weighted by atomic mass is 32.2. The average molecular weight is 394 g/mol. The molecule has 1 aromatic rings. The Labute approximate surface area is 163 Å². The molecule has 0 aliphatic carbocycles. The Balaban J connectivity index is 1.61. The van der Waals surface area contributed by atoms with Gasteiger partial charge in [-0.15, -0.1) is 0 Å². The predicted molar refractivity (Wildman–Crippen MR) is 106 cm³/mol. The number of benzene rings is 1. The van der Waals surface area contributed by atoms with Gasteiger partial charge in [-0.1, -0.05) is 6.42 Å². The van der Waals surface area contributed by atoms with E-state index >= 15 is 0 Å². The lowest BCUT2D eigenvalue weighted by Gasteiger charge is -2.35. The fourth-order valence-electron chi connectivity index (χ4n) is 3.87. The number of nitrogens with one attached hydrogen (secondary N) is 1. The number of rotatable bonds is 6. The Bertz CT molecular complexity index is 747. The summed E-state index contributed by atoms with van der Waals surface area (Å²) >= 11 is 0. The van der Waals surface area contributed by atoms with Crippen molar-refractivity contribution in [3.8, 4) is 0 Å². The van der Waals surface area contributed by atoms with Crippen LogP contribution in [-0.4, -0.2) is 61.8 Å². The summed E-state index contributed by atoms with van der Waals surface area (Å²) in [6, 6.07) is 6.30. The van der Waals surface area contributed by atoms with E-state index in [0.29, 0.717) is 25.2 Å². The lowest BCUT2D eigenvalue weighted by Crippen LogP contribution is -2.50. The number of sulfonamides is 1. The SMILES string of the molecule is CC(C)(CNC(=O)c1ccc(S(=O)(=O)N2CCCCC2)cc1)N1CCCC1. The standard InChI is InChI=1S/C20H31N3O3S/c1-20(2,22-12-6-7-13-22)16-21-19(24)17-8-10-18(11-9-17)27(25,26)23-14-4-3-5-15-23/h8-11H,3-7,12-16H2,1-2H3,(H,21,24). The maximum absolute atomic E-state index is 12.7. The first-order valence-electron chi connectivity index (χ1n) is 9.94. The first kappa shape index (κ1) is 20.3. The topological polar surface area (TPSA) is 69.7 Å². The van der Waals surface area contributed by atoms with Gasteiger partial charge in [0, 0.05) is 30.7 Å². The van der Waals surface area contributed by atoms with Crippen LogP contribution in [0.4, 0.5) is 0 Å². The van der Waals surface area contributed by atoms with Crippen molar-refractivity contribution in [1.82, 2.24) is 14.5 Å². The normalized spacial score (nSPS) is 19.9. The van der Waals surface area contributed by atoms with Gasteiger partial charge in [-0.3, -0.25) is 9.69 Å². The van der Waals surface area contributed by atoms with E-state index in [1.54, 1.807) is 28.6 Å². The molecule has 0 radical (unpaired) electrons. The van der Waals surface area contributed by atoms with Crippen LogP contribution in [0.25, 0.3) is 0 Å². The highest BCUT2D eigenvalue weighted by Gasteiger charge is 2.29. The lowest BCUT2D eigenvalue weighted by atomic mass is 10.0. The molecule has 0 atom stereocenters. The number of hydrogen-bond acceptors (Lipinski definition) is 4. The summed E-state index contributed by atoms with van der Waals surface area (Å²) in [7, 11) is -3.46. The summed E-state index contributed by atoms with van der Waals surface area (Å²) in [6.07, 6.45) is 5.33. The van der Waals surface area contributed by atoms with Crippen LogP contribution in [0.3, 0.4) is 0 Å². The number of likely N-dealkylation sites (tertiary alicyclic amines) is 1. The van der Waals surface area contributed by atoms with Crippen LogP contribution in [0, 0.1) is 0 Å². The van der Waals surface area contributed by atoms with Gasteiger partial charge >= 0.3 is 0 Å². The fraction of sp³-hybridized carbons (Fsp3) is 0.650. The molecule has 6 nitrogen and oxygen atoms in total. The quantitative estimate of drug-likeness (QED) is 0.806. The van der Waals surface area contributed by atoms with Gasteiger partial charge in [-0.2, -0.15) is 4.31 Å². The molecule has 0 saturated carbocycles. The monoisotopic (exact) mass is 393 g/mol. The van der Waals surface area contributed by atoms with Crippen LogP contribution in [0.2, 0.25) is 0 Å². The molecule has 0 spiro atoms. The minimum atomic E-state index is -3.46. The molecule has 0 aromatic heterocycles. The van der Waals surface area contributed by atoms with Crippen molar-refractivity contribution in [2.24, 2.45) is 0 Å². The zero-order valence-corrected chi connectivity index (χ0v) is 17.2. The molecule has 7 heteroatoms. The maximum Gasteiger partial charge on any atom is 0.251 e. The van der Waals surface area contributed by atoms with E-state index in [9.17, 15) is 13.2 Å². The number of piperidine rings is 1.